The summed E-state index contributed by atoms with van der Waals surface area (Å²) >= 11 is 6.03. The van der Waals surface area contributed by atoms with Gasteiger partial charge in [0.15, 0.2) is 11.9 Å². The van der Waals surface area contributed by atoms with Crippen LogP contribution in [0.2, 0.25) is 5.02 Å². The number of halogens is 2. The Morgan fingerprint density at radius 1 is 1.55 bits per heavy atom. The van der Waals surface area contributed by atoms with Gasteiger partial charge in [0.1, 0.15) is 5.82 Å². The number of alkyl carbamates (subject to hydrolysis) is 1. The molecule has 0 aliphatic carbocycles. The van der Waals surface area contributed by atoms with Crippen molar-refractivity contribution in [2.45, 2.75) is 6.10 Å². The van der Waals surface area contributed by atoms with E-state index in [1.54, 1.807) is 17.8 Å². The van der Waals surface area contributed by atoms with Crippen LogP contribution >= 0.6 is 11.6 Å². The van der Waals surface area contributed by atoms with E-state index in [2.05, 4.69) is 10.3 Å². The molecule has 0 saturated heterocycles. The van der Waals surface area contributed by atoms with Gasteiger partial charge in [-0.2, -0.15) is 0 Å². The van der Waals surface area contributed by atoms with Gasteiger partial charge in [0, 0.05) is 26.5 Å². The van der Waals surface area contributed by atoms with Crippen molar-refractivity contribution in [2.75, 3.05) is 7.05 Å². The maximum atomic E-state index is 14.0. The molecule has 0 radical (unpaired) electrons. The van der Waals surface area contributed by atoms with Crippen LogP contribution in [0.4, 0.5) is 9.18 Å². The van der Waals surface area contributed by atoms with Crippen molar-refractivity contribution in [3.8, 4) is 0 Å². The molecule has 0 fully saturated rings. The van der Waals surface area contributed by atoms with E-state index in [4.69, 9.17) is 16.3 Å². The lowest BCUT2D eigenvalue weighted by molar-refractivity contribution is 0.111. The summed E-state index contributed by atoms with van der Waals surface area (Å²) in [7, 11) is 3.14. The number of aromatic nitrogens is 2. The van der Waals surface area contributed by atoms with Gasteiger partial charge in [-0.3, -0.25) is 0 Å². The van der Waals surface area contributed by atoms with E-state index in [0.717, 1.165) is 0 Å². The van der Waals surface area contributed by atoms with Crippen LogP contribution in [0.5, 0.6) is 0 Å². The van der Waals surface area contributed by atoms with Crippen molar-refractivity contribution < 1.29 is 13.9 Å². The van der Waals surface area contributed by atoms with E-state index in [9.17, 15) is 9.18 Å². The Bertz CT molecular complexity index is 610. The molecule has 1 heterocycles. The molecule has 7 heteroatoms. The van der Waals surface area contributed by atoms with Gasteiger partial charge in [-0.05, 0) is 12.1 Å². The SMILES string of the molecule is CNC(=O)OC(c1c(F)cccc1Cl)c1nccn1C. The summed E-state index contributed by atoms with van der Waals surface area (Å²) in [6.45, 7) is 0. The molecule has 106 valence electrons. The Morgan fingerprint density at radius 2 is 2.30 bits per heavy atom. The summed E-state index contributed by atoms with van der Waals surface area (Å²) in [6.07, 6.45) is 1.48. The highest BCUT2D eigenvalue weighted by atomic mass is 35.5. The number of amides is 1. The monoisotopic (exact) mass is 297 g/mol. The molecule has 2 aromatic rings. The molecule has 20 heavy (non-hydrogen) atoms. The van der Waals surface area contributed by atoms with Crippen LogP contribution in [0, 0.1) is 5.82 Å². The molecule has 2 rings (SSSR count). The summed E-state index contributed by atoms with van der Waals surface area (Å²) in [4.78, 5) is 15.6. The molecule has 5 nitrogen and oxygen atoms in total. The van der Waals surface area contributed by atoms with Crippen molar-refractivity contribution in [3.05, 3.63) is 52.8 Å². The van der Waals surface area contributed by atoms with Gasteiger partial charge in [-0.25, -0.2) is 14.2 Å². The van der Waals surface area contributed by atoms with Crippen LogP contribution in [-0.2, 0) is 11.8 Å². The topological polar surface area (TPSA) is 56.1 Å². The van der Waals surface area contributed by atoms with E-state index in [1.807, 2.05) is 0 Å². The first-order valence-electron chi connectivity index (χ1n) is 5.84. The van der Waals surface area contributed by atoms with Gasteiger partial charge in [-0.15, -0.1) is 0 Å². The van der Waals surface area contributed by atoms with Crippen molar-refractivity contribution in [1.29, 1.82) is 0 Å². The number of rotatable bonds is 3. The zero-order chi connectivity index (χ0) is 14.7. The highest BCUT2D eigenvalue weighted by Gasteiger charge is 2.27. The molecule has 0 saturated carbocycles. The molecule has 0 bridgehead atoms. The molecule has 1 aromatic carbocycles. The minimum atomic E-state index is -1.02. The average Bonchev–Trinajstić information content (AvgIpc) is 2.83. The predicted molar refractivity (Wildman–Crippen MR) is 72.0 cm³/mol. The highest BCUT2D eigenvalue weighted by Crippen LogP contribution is 2.32. The Hall–Kier alpha value is -2.08. The van der Waals surface area contributed by atoms with Crippen molar-refractivity contribution >= 4 is 17.7 Å². The number of ether oxygens (including phenoxy) is 1. The quantitative estimate of drug-likeness (QED) is 0.947. The Kier molecular flexibility index (Phi) is 4.24. The van der Waals surface area contributed by atoms with Crippen LogP contribution < -0.4 is 5.32 Å². The fourth-order valence-corrected chi connectivity index (χ4v) is 2.06. The van der Waals surface area contributed by atoms with Crippen LogP contribution in [0.25, 0.3) is 0 Å². The molecule has 1 N–H and O–H groups in total. The minimum Gasteiger partial charge on any atom is -0.433 e. The second-order valence-electron chi connectivity index (χ2n) is 4.07. The molecule has 1 atom stereocenters. The molecule has 1 amide bonds. The molecular formula is C13H13ClFN3O2. The number of carbonyl (C=O) groups excluding carboxylic acids is 1. The van der Waals surface area contributed by atoms with E-state index in [0.29, 0.717) is 5.82 Å². The third-order valence-corrected chi connectivity index (χ3v) is 3.11. The van der Waals surface area contributed by atoms with Crippen LogP contribution in [0.1, 0.15) is 17.5 Å². The zero-order valence-electron chi connectivity index (χ0n) is 10.9. The average molecular weight is 298 g/mol. The second kappa shape index (κ2) is 5.92. The maximum Gasteiger partial charge on any atom is 0.407 e. The number of nitrogens with zero attached hydrogens (tertiary/aromatic N) is 2. The van der Waals surface area contributed by atoms with Crippen molar-refractivity contribution in [2.24, 2.45) is 7.05 Å². The fraction of sp³-hybridized carbons (Fsp3) is 0.231. The number of carbonyl (C=O) groups is 1. The summed E-state index contributed by atoms with van der Waals surface area (Å²) in [6, 6.07) is 4.27. The number of benzene rings is 1. The van der Waals surface area contributed by atoms with Crippen molar-refractivity contribution in [1.82, 2.24) is 14.9 Å². The number of aryl methyl sites for hydroxylation is 1. The first-order valence-corrected chi connectivity index (χ1v) is 6.22. The Morgan fingerprint density at radius 3 is 2.85 bits per heavy atom. The smallest absolute Gasteiger partial charge is 0.407 e. The predicted octanol–water partition coefficient (Wildman–Crippen LogP) is 2.66. The summed E-state index contributed by atoms with van der Waals surface area (Å²) in [5, 5.41) is 2.49. The molecule has 0 spiro atoms. The van der Waals surface area contributed by atoms with Gasteiger partial charge in [0.2, 0.25) is 0 Å². The fourth-order valence-electron chi connectivity index (χ4n) is 1.80. The summed E-state index contributed by atoms with van der Waals surface area (Å²) in [5.41, 5.74) is 0.0760. The number of hydrogen-bond donors (Lipinski definition) is 1. The minimum absolute atomic E-state index is 0.0760. The van der Waals surface area contributed by atoms with E-state index in [-0.39, 0.29) is 10.6 Å². The molecule has 0 aliphatic rings. The standard InChI is InChI=1S/C13H13ClFN3O2/c1-16-13(19)20-11(12-17-6-7-18(12)2)10-8(14)4-3-5-9(10)15/h3-7,11H,1-2H3,(H,16,19). The summed E-state index contributed by atoms with van der Waals surface area (Å²) in [5.74, 6) is -0.185. The van der Waals surface area contributed by atoms with Gasteiger partial charge < -0.3 is 14.6 Å². The normalized spacial score (nSPS) is 12.0. The van der Waals surface area contributed by atoms with Gasteiger partial charge in [-0.1, -0.05) is 17.7 Å². The molecule has 1 unspecified atom stereocenters. The Balaban J connectivity index is 2.52. The lowest BCUT2D eigenvalue weighted by Gasteiger charge is -2.19. The zero-order valence-corrected chi connectivity index (χ0v) is 11.7. The van der Waals surface area contributed by atoms with Gasteiger partial charge >= 0.3 is 6.09 Å². The van der Waals surface area contributed by atoms with E-state index < -0.39 is 18.0 Å². The van der Waals surface area contributed by atoms with E-state index in [1.165, 1.54) is 31.4 Å². The number of hydrogen-bond acceptors (Lipinski definition) is 3. The second-order valence-corrected chi connectivity index (χ2v) is 4.47. The molecular weight excluding hydrogens is 285 g/mol. The number of nitrogens with one attached hydrogen (secondary N) is 1. The van der Waals surface area contributed by atoms with Crippen LogP contribution in [0.3, 0.4) is 0 Å². The molecule has 0 aliphatic heterocycles. The van der Waals surface area contributed by atoms with Crippen LogP contribution in [0.15, 0.2) is 30.6 Å². The molecule has 1 aromatic heterocycles. The lowest BCUT2D eigenvalue weighted by Crippen LogP contribution is -2.24. The van der Waals surface area contributed by atoms with Crippen LogP contribution in [-0.4, -0.2) is 22.7 Å². The van der Waals surface area contributed by atoms with E-state index >= 15 is 0 Å². The lowest BCUT2D eigenvalue weighted by atomic mass is 10.1. The largest absolute Gasteiger partial charge is 0.433 e. The third kappa shape index (κ3) is 2.75. The maximum absolute atomic E-state index is 14.0. The van der Waals surface area contributed by atoms with Gasteiger partial charge in [0.25, 0.3) is 0 Å². The van der Waals surface area contributed by atoms with Crippen molar-refractivity contribution in [3.63, 3.8) is 0 Å². The summed E-state index contributed by atoms with van der Waals surface area (Å²) < 4.78 is 20.9. The first kappa shape index (κ1) is 14.3. The third-order valence-electron chi connectivity index (χ3n) is 2.78. The first-order chi connectivity index (χ1) is 9.54. The van der Waals surface area contributed by atoms with Gasteiger partial charge in [0.05, 0.1) is 10.6 Å². The Labute approximate surface area is 120 Å². The highest BCUT2D eigenvalue weighted by molar-refractivity contribution is 6.31. The number of imidazole rings is 1.